The molecule has 108 valence electrons. The van der Waals surface area contributed by atoms with Gasteiger partial charge in [0.15, 0.2) is 12.2 Å². The molecule has 1 aromatic carbocycles. The van der Waals surface area contributed by atoms with Gasteiger partial charge in [-0.25, -0.2) is 4.79 Å². The number of hydrogen-bond acceptors (Lipinski definition) is 5. The van der Waals surface area contributed by atoms with Crippen molar-refractivity contribution in [3.8, 4) is 5.75 Å². The van der Waals surface area contributed by atoms with Crippen LogP contribution in [0.1, 0.15) is 5.56 Å². The maximum Gasteiger partial charge on any atom is 0.336 e. The molecule has 0 saturated heterocycles. The Morgan fingerprint density at radius 2 is 2.35 bits per heavy atom. The monoisotopic (exact) mass is 299 g/mol. The molecule has 1 aromatic rings. The van der Waals surface area contributed by atoms with Crippen molar-refractivity contribution in [3.63, 3.8) is 0 Å². The molecular formula is C13H14ClNO5. The molecule has 0 spiro atoms. The number of amides is 1. The lowest BCUT2D eigenvalue weighted by Gasteiger charge is -2.13. The van der Waals surface area contributed by atoms with Gasteiger partial charge in [0, 0.05) is 11.4 Å². The predicted octanol–water partition coefficient (Wildman–Crippen LogP) is 0.294. The molecule has 0 fully saturated rings. The van der Waals surface area contributed by atoms with Gasteiger partial charge in [-0.2, -0.15) is 0 Å². The standard InChI is InChI=1S/C13H14ClNO5/c1-19-13(18)9(16)6-15-12(17)11-5-7-4-8(14)2-3-10(7)20-11/h2-4,9,11,16H,5-6H2,1H3,(H,15,17). The second-order valence-electron chi connectivity index (χ2n) is 4.35. The minimum Gasteiger partial charge on any atom is -0.480 e. The smallest absolute Gasteiger partial charge is 0.336 e. The van der Waals surface area contributed by atoms with E-state index >= 15 is 0 Å². The molecule has 1 aliphatic rings. The highest BCUT2D eigenvalue weighted by Gasteiger charge is 2.29. The Kier molecular flexibility index (Phi) is 4.46. The van der Waals surface area contributed by atoms with E-state index < -0.39 is 24.1 Å². The maximum atomic E-state index is 11.9. The highest BCUT2D eigenvalue weighted by Crippen LogP contribution is 2.31. The van der Waals surface area contributed by atoms with Gasteiger partial charge in [0.05, 0.1) is 13.7 Å². The number of methoxy groups -OCH3 is 1. The zero-order valence-corrected chi connectivity index (χ0v) is 11.5. The van der Waals surface area contributed by atoms with E-state index in [9.17, 15) is 14.7 Å². The average Bonchev–Trinajstić information content (AvgIpc) is 2.86. The Morgan fingerprint density at radius 1 is 1.60 bits per heavy atom. The lowest BCUT2D eigenvalue weighted by atomic mass is 10.1. The van der Waals surface area contributed by atoms with Gasteiger partial charge in [-0.15, -0.1) is 0 Å². The zero-order valence-electron chi connectivity index (χ0n) is 10.8. The summed E-state index contributed by atoms with van der Waals surface area (Å²) in [6.45, 7) is -0.220. The summed E-state index contributed by atoms with van der Waals surface area (Å²) in [6, 6.07) is 5.13. The summed E-state index contributed by atoms with van der Waals surface area (Å²) in [5.41, 5.74) is 0.853. The van der Waals surface area contributed by atoms with Crippen LogP contribution in [0.2, 0.25) is 5.02 Å². The Hall–Kier alpha value is -1.79. The highest BCUT2D eigenvalue weighted by molar-refractivity contribution is 6.30. The minimum absolute atomic E-state index is 0.220. The number of aliphatic hydroxyl groups is 1. The lowest BCUT2D eigenvalue weighted by Crippen LogP contribution is -2.43. The highest BCUT2D eigenvalue weighted by atomic mass is 35.5. The fourth-order valence-electron chi connectivity index (χ4n) is 1.89. The van der Waals surface area contributed by atoms with Gasteiger partial charge in [0.1, 0.15) is 5.75 Å². The minimum atomic E-state index is -1.39. The van der Waals surface area contributed by atoms with Crippen LogP contribution in [0, 0.1) is 0 Å². The number of fused-ring (bicyclic) bond motifs is 1. The van der Waals surface area contributed by atoms with Crippen molar-refractivity contribution in [1.29, 1.82) is 0 Å². The number of ether oxygens (including phenoxy) is 2. The molecule has 2 unspecified atom stereocenters. The second-order valence-corrected chi connectivity index (χ2v) is 4.78. The number of halogens is 1. The van der Waals surface area contributed by atoms with E-state index in [1.165, 1.54) is 0 Å². The molecule has 0 aliphatic carbocycles. The van der Waals surface area contributed by atoms with Crippen LogP contribution in [0.4, 0.5) is 0 Å². The van der Waals surface area contributed by atoms with E-state index in [1.807, 2.05) is 0 Å². The van der Waals surface area contributed by atoms with Gasteiger partial charge in [-0.3, -0.25) is 4.79 Å². The number of benzene rings is 1. The Bertz CT molecular complexity index is 533. The van der Waals surface area contributed by atoms with Crippen LogP contribution in [0.15, 0.2) is 18.2 Å². The molecule has 0 aromatic heterocycles. The molecule has 0 radical (unpaired) electrons. The van der Waals surface area contributed by atoms with E-state index in [4.69, 9.17) is 16.3 Å². The number of carbonyl (C=O) groups excluding carboxylic acids is 2. The number of hydrogen-bond donors (Lipinski definition) is 2. The van der Waals surface area contributed by atoms with Crippen molar-refractivity contribution >= 4 is 23.5 Å². The maximum absolute atomic E-state index is 11.9. The molecule has 1 aliphatic heterocycles. The van der Waals surface area contributed by atoms with Crippen LogP contribution in [0.25, 0.3) is 0 Å². The summed E-state index contributed by atoms with van der Waals surface area (Å²) in [6.07, 6.45) is -1.67. The quantitative estimate of drug-likeness (QED) is 0.781. The van der Waals surface area contributed by atoms with Crippen LogP contribution in [0.5, 0.6) is 5.75 Å². The van der Waals surface area contributed by atoms with Gasteiger partial charge in [-0.05, 0) is 23.8 Å². The SMILES string of the molecule is COC(=O)C(O)CNC(=O)C1Cc2cc(Cl)ccc2O1. The van der Waals surface area contributed by atoms with Crippen molar-refractivity contribution in [1.82, 2.24) is 5.32 Å². The third-order valence-corrected chi connectivity index (χ3v) is 3.17. The average molecular weight is 300 g/mol. The van der Waals surface area contributed by atoms with Crippen LogP contribution in [-0.2, 0) is 20.7 Å². The van der Waals surface area contributed by atoms with Crippen molar-refractivity contribution < 1.29 is 24.2 Å². The molecule has 7 heteroatoms. The predicted molar refractivity (Wildman–Crippen MR) is 70.6 cm³/mol. The molecule has 2 N–H and O–H groups in total. The van der Waals surface area contributed by atoms with E-state index in [0.29, 0.717) is 17.2 Å². The van der Waals surface area contributed by atoms with Crippen LogP contribution in [-0.4, -0.2) is 42.8 Å². The lowest BCUT2D eigenvalue weighted by molar-refractivity contribution is -0.150. The van der Waals surface area contributed by atoms with Crippen molar-refractivity contribution in [2.45, 2.75) is 18.6 Å². The van der Waals surface area contributed by atoms with E-state index in [-0.39, 0.29) is 6.54 Å². The first-order chi connectivity index (χ1) is 9.51. The molecular weight excluding hydrogens is 286 g/mol. The summed E-state index contributed by atoms with van der Waals surface area (Å²) >= 11 is 5.86. The summed E-state index contributed by atoms with van der Waals surface area (Å²) in [7, 11) is 1.16. The van der Waals surface area contributed by atoms with E-state index in [2.05, 4.69) is 10.1 Å². The van der Waals surface area contributed by atoms with E-state index in [0.717, 1.165) is 12.7 Å². The fourth-order valence-corrected chi connectivity index (χ4v) is 2.09. The molecule has 0 bridgehead atoms. The number of carbonyl (C=O) groups is 2. The number of nitrogens with one attached hydrogen (secondary N) is 1. The summed E-state index contributed by atoms with van der Waals surface area (Å²) in [5.74, 6) is -0.587. The first-order valence-electron chi connectivity index (χ1n) is 6.00. The number of aliphatic hydroxyl groups excluding tert-OH is 1. The Morgan fingerprint density at radius 3 is 3.05 bits per heavy atom. The second kappa shape index (κ2) is 6.11. The van der Waals surface area contributed by atoms with Crippen molar-refractivity contribution in [3.05, 3.63) is 28.8 Å². The molecule has 6 nitrogen and oxygen atoms in total. The molecule has 2 rings (SSSR count). The Labute approximate surface area is 120 Å². The first-order valence-corrected chi connectivity index (χ1v) is 6.37. The summed E-state index contributed by atoms with van der Waals surface area (Å²) in [4.78, 5) is 22.9. The van der Waals surface area contributed by atoms with Crippen molar-refractivity contribution in [2.24, 2.45) is 0 Å². The normalized spacial score (nSPS) is 17.9. The van der Waals surface area contributed by atoms with Crippen molar-refractivity contribution in [2.75, 3.05) is 13.7 Å². The Balaban J connectivity index is 1.88. The third-order valence-electron chi connectivity index (χ3n) is 2.93. The van der Waals surface area contributed by atoms with Gasteiger partial charge >= 0.3 is 5.97 Å². The van der Waals surface area contributed by atoms with Gasteiger partial charge < -0.3 is 19.9 Å². The zero-order chi connectivity index (χ0) is 14.7. The topological polar surface area (TPSA) is 84.9 Å². The van der Waals surface area contributed by atoms with Gasteiger partial charge in [0.2, 0.25) is 0 Å². The number of esters is 1. The van der Waals surface area contributed by atoms with Crippen LogP contribution < -0.4 is 10.1 Å². The van der Waals surface area contributed by atoms with Crippen LogP contribution >= 0.6 is 11.6 Å². The molecule has 1 amide bonds. The molecule has 0 saturated carbocycles. The molecule has 1 heterocycles. The summed E-state index contributed by atoms with van der Waals surface area (Å²) < 4.78 is 9.82. The number of rotatable bonds is 4. The summed E-state index contributed by atoms with van der Waals surface area (Å²) in [5, 5.41) is 12.4. The van der Waals surface area contributed by atoms with E-state index in [1.54, 1.807) is 18.2 Å². The largest absolute Gasteiger partial charge is 0.480 e. The fraction of sp³-hybridized carbons (Fsp3) is 0.385. The molecule has 20 heavy (non-hydrogen) atoms. The molecule has 2 atom stereocenters. The van der Waals surface area contributed by atoms with Crippen LogP contribution in [0.3, 0.4) is 0 Å². The first kappa shape index (κ1) is 14.6. The van der Waals surface area contributed by atoms with Gasteiger partial charge in [-0.1, -0.05) is 11.6 Å². The third kappa shape index (κ3) is 3.20. The van der Waals surface area contributed by atoms with Gasteiger partial charge in [0.25, 0.3) is 5.91 Å².